The highest BCUT2D eigenvalue weighted by Gasteiger charge is 2.26. The number of hydrogen-bond acceptors (Lipinski definition) is 3. The fraction of sp³-hybridized carbons (Fsp3) is 0.333. The number of nitrogens with one attached hydrogen (secondary N) is 1. The van der Waals surface area contributed by atoms with E-state index in [2.05, 4.69) is 62.5 Å². The monoisotopic (exact) mass is 360 g/mol. The summed E-state index contributed by atoms with van der Waals surface area (Å²) in [5, 5.41) is 3.43. The molecule has 2 aromatic rings. The third-order valence-electron chi connectivity index (χ3n) is 4.14. The van der Waals surface area contributed by atoms with Crippen LogP contribution in [0.5, 0.6) is 5.75 Å². The van der Waals surface area contributed by atoms with Crippen molar-refractivity contribution in [3.8, 4) is 5.75 Å². The standard InChI is InChI=1S/C18H21BrN2O/c1-22-17-5-3-2-4-16(17)18(21-12-10-20-11-13-21)14-6-8-15(19)9-7-14/h2-9,18,20H,10-13H2,1H3. The molecule has 116 valence electrons. The zero-order valence-corrected chi connectivity index (χ0v) is 14.3. The van der Waals surface area contributed by atoms with Crippen LogP contribution in [-0.2, 0) is 0 Å². The van der Waals surface area contributed by atoms with Crippen LogP contribution >= 0.6 is 15.9 Å². The highest BCUT2D eigenvalue weighted by atomic mass is 79.9. The van der Waals surface area contributed by atoms with E-state index < -0.39 is 0 Å². The van der Waals surface area contributed by atoms with Gasteiger partial charge in [0, 0.05) is 36.2 Å². The third-order valence-corrected chi connectivity index (χ3v) is 4.66. The molecule has 1 saturated heterocycles. The van der Waals surface area contributed by atoms with Crippen LogP contribution in [-0.4, -0.2) is 38.2 Å². The van der Waals surface area contributed by atoms with E-state index in [9.17, 15) is 0 Å². The summed E-state index contributed by atoms with van der Waals surface area (Å²) < 4.78 is 6.72. The summed E-state index contributed by atoms with van der Waals surface area (Å²) in [5.41, 5.74) is 2.53. The quantitative estimate of drug-likeness (QED) is 0.903. The molecule has 22 heavy (non-hydrogen) atoms. The van der Waals surface area contributed by atoms with E-state index in [1.165, 1.54) is 11.1 Å². The molecule has 4 heteroatoms. The van der Waals surface area contributed by atoms with E-state index in [0.29, 0.717) is 0 Å². The Balaban J connectivity index is 2.03. The number of halogens is 1. The van der Waals surface area contributed by atoms with E-state index in [1.807, 2.05) is 12.1 Å². The van der Waals surface area contributed by atoms with Gasteiger partial charge in [-0.3, -0.25) is 4.90 Å². The lowest BCUT2D eigenvalue weighted by Gasteiger charge is -2.36. The average molecular weight is 361 g/mol. The number of piperazine rings is 1. The van der Waals surface area contributed by atoms with Gasteiger partial charge in [0.05, 0.1) is 13.2 Å². The summed E-state index contributed by atoms with van der Waals surface area (Å²) in [7, 11) is 1.75. The van der Waals surface area contributed by atoms with Gasteiger partial charge in [-0.1, -0.05) is 46.3 Å². The minimum atomic E-state index is 0.228. The van der Waals surface area contributed by atoms with Gasteiger partial charge in [0.15, 0.2) is 0 Å². The Morgan fingerprint density at radius 1 is 1.05 bits per heavy atom. The number of benzene rings is 2. The van der Waals surface area contributed by atoms with Crippen molar-refractivity contribution in [2.45, 2.75) is 6.04 Å². The van der Waals surface area contributed by atoms with Crippen molar-refractivity contribution in [1.82, 2.24) is 10.2 Å². The Bertz CT molecular complexity index is 609. The minimum Gasteiger partial charge on any atom is -0.496 e. The van der Waals surface area contributed by atoms with E-state index in [-0.39, 0.29) is 6.04 Å². The van der Waals surface area contributed by atoms with E-state index in [4.69, 9.17) is 4.74 Å². The Morgan fingerprint density at radius 3 is 2.41 bits per heavy atom. The molecule has 0 aromatic heterocycles. The summed E-state index contributed by atoms with van der Waals surface area (Å²) in [6.07, 6.45) is 0. The number of para-hydroxylation sites is 1. The molecule has 1 N–H and O–H groups in total. The van der Waals surface area contributed by atoms with Crippen LogP contribution in [0.25, 0.3) is 0 Å². The van der Waals surface area contributed by atoms with Gasteiger partial charge in [-0.25, -0.2) is 0 Å². The number of ether oxygens (including phenoxy) is 1. The van der Waals surface area contributed by atoms with Crippen molar-refractivity contribution in [2.24, 2.45) is 0 Å². The number of nitrogens with zero attached hydrogens (tertiary/aromatic N) is 1. The average Bonchev–Trinajstić information content (AvgIpc) is 2.58. The molecule has 0 saturated carbocycles. The van der Waals surface area contributed by atoms with Gasteiger partial charge in [0.1, 0.15) is 5.75 Å². The maximum atomic E-state index is 5.61. The van der Waals surface area contributed by atoms with Gasteiger partial charge in [0.2, 0.25) is 0 Å². The maximum Gasteiger partial charge on any atom is 0.123 e. The van der Waals surface area contributed by atoms with Crippen LogP contribution in [0.15, 0.2) is 53.0 Å². The summed E-state index contributed by atoms with van der Waals surface area (Å²) in [6.45, 7) is 4.14. The van der Waals surface area contributed by atoms with E-state index in [0.717, 1.165) is 36.4 Å². The van der Waals surface area contributed by atoms with Gasteiger partial charge < -0.3 is 10.1 Å². The molecule has 1 aliphatic rings. The molecule has 1 unspecified atom stereocenters. The van der Waals surface area contributed by atoms with Crippen LogP contribution in [0.4, 0.5) is 0 Å². The molecule has 0 amide bonds. The summed E-state index contributed by atoms with van der Waals surface area (Å²) in [5.74, 6) is 0.953. The van der Waals surface area contributed by atoms with Gasteiger partial charge in [0.25, 0.3) is 0 Å². The van der Waals surface area contributed by atoms with Crippen molar-refractivity contribution in [1.29, 1.82) is 0 Å². The lowest BCUT2D eigenvalue weighted by atomic mass is 9.95. The van der Waals surface area contributed by atoms with Crippen molar-refractivity contribution >= 4 is 15.9 Å². The van der Waals surface area contributed by atoms with E-state index >= 15 is 0 Å². The van der Waals surface area contributed by atoms with Gasteiger partial charge in [-0.05, 0) is 23.8 Å². The highest BCUT2D eigenvalue weighted by molar-refractivity contribution is 9.10. The second-order valence-corrected chi connectivity index (χ2v) is 6.40. The molecule has 1 aliphatic heterocycles. The molecule has 0 radical (unpaired) electrons. The second kappa shape index (κ2) is 7.27. The second-order valence-electron chi connectivity index (χ2n) is 5.48. The lowest BCUT2D eigenvalue weighted by molar-refractivity contribution is 0.195. The smallest absolute Gasteiger partial charge is 0.123 e. The van der Waals surface area contributed by atoms with Gasteiger partial charge in [-0.2, -0.15) is 0 Å². The predicted octanol–water partition coefficient (Wildman–Crippen LogP) is 3.45. The zero-order chi connectivity index (χ0) is 15.4. The molecular formula is C18H21BrN2O. The maximum absolute atomic E-state index is 5.61. The van der Waals surface area contributed by atoms with Crippen LogP contribution in [0.2, 0.25) is 0 Å². The topological polar surface area (TPSA) is 24.5 Å². The van der Waals surface area contributed by atoms with E-state index in [1.54, 1.807) is 7.11 Å². The molecule has 0 aliphatic carbocycles. The Hall–Kier alpha value is -1.36. The summed E-state index contributed by atoms with van der Waals surface area (Å²) in [6, 6.07) is 17.2. The number of hydrogen-bond donors (Lipinski definition) is 1. The normalized spacial score (nSPS) is 17.2. The van der Waals surface area contributed by atoms with Crippen LogP contribution in [0.1, 0.15) is 17.2 Å². The Kier molecular flexibility index (Phi) is 5.13. The van der Waals surface area contributed by atoms with Crippen molar-refractivity contribution in [3.63, 3.8) is 0 Å². The molecule has 3 rings (SSSR count). The first-order valence-corrected chi connectivity index (χ1v) is 8.42. The number of rotatable bonds is 4. The molecule has 0 bridgehead atoms. The molecular weight excluding hydrogens is 340 g/mol. The van der Waals surface area contributed by atoms with Crippen molar-refractivity contribution in [2.75, 3.05) is 33.3 Å². The summed E-state index contributed by atoms with van der Waals surface area (Å²) >= 11 is 3.53. The third kappa shape index (κ3) is 3.35. The first kappa shape index (κ1) is 15.5. The molecule has 1 heterocycles. The first-order chi connectivity index (χ1) is 10.8. The molecule has 1 atom stereocenters. The SMILES string of the molecule is COc1ccccc1C(c1ccc(Br)cc1)N1CCNCC1. The fourth-order valence-electron chi connectivity index (χ4n) is 3.06. The Morgan fingerprint density at radius 2 is 1.73 bits per heavy atom. The zero-order valence-electron chi connectivity index (χ0n) is 12.8. The fourth-order valence-corrected chi connectivity index (χ4v) is 3.33. The minimum absolute atomic E-state index is 0.228. The number of methoxy groups -OCH3 is 1. The highest BCUT2D eigenvalue weighted by Crippen LogP contribution is 2.35. The molecule has 0 spiro atoms. The molecule has 2 aromatic carbocycles. The van der Waals surface area contributed by atoms with Crippen LogP contribution in [0, 0.1) is 0 Å². The lowest BCUT2D eigenvalue weighted by Crippen LogP contribution is -2.45. The van der Waals surface area contributed by atoms with Crippen LogP contribution in [0.3, 0.4) is 0 Å². The van der Waals surface area contributed by atoms with Crippen molar-refractivity contribution < 1.29 is 4.74 Å². The molecule has 3 nitrogen and oxygen atoms in total. The first-order valence-electron chi connectivity index (χ1n) is 7.63. The van der Waals surface area contributed by atoms with Crippen LogP contribution < -0.4 is 10.1 Å². The Labute approximate surface area is 140 Å². The summed E-state index contributed by atoms with van der Waals surface area (Å²) in [4.78, 5) is 2.53. The van der Waals surface area contributed by atoms with Gasteiger partial charge in [-0.15, -0.1) is 0 Å². The largest absolute Gasteiger partial charge is 0.496 e. The van der Waals surface area contributed by atoms with Gasteiger partial charge >= 0.3 is 0 Å². The predicted molar refractivity (Wildman–Crippen MR) is 93.4 cm³/mol. The van der Waals surface area contributed by atoms with Crippen molar-refractivity contribution in [3.05, 3.63) is 64.1 Å². The molecule has 1 fully saturated rings.